The van der Waals surface area contributed by atoms with Gasteiger partial charge in [0.05, 0.1) is 23.9 Å². The molecule has 1 atom stereocenters. The molecule has 1 N–H and O–H groups in total. The van der Waals surface area contributed by atoms with E-state index in [1.807, 2.05) is 49.4 Å². The first kappa shape index (κ1) is 26.4. The van der Waals surface area contributed by atoms with E-state index in [0.29, 0.717) is 30.2 Å². The lowest BCUT2D eigenvalue weighted by Crippen LogP contribution is -2.33. The Labute approximate surface area is 218 Å². The van der Waals surface area contributed by atoms with Gasteiger partial charge in [0, 0.05) is 12.7 Å². The molecule has 3 aromatic rings. The van der Waals surface area contributed by atoms with Crippen LogP contribution in [0.1, 0.15) is 56.6 Å². The number of amides is 1. The van der Waals surface area contributed by atoms with Crippen molar-refractivity contribution in [1.82, 2.24) is 19.2 Å². The first-order chi connectivity index (χ1) is 17.9. The summed E-state index contributed by atoms with van der Waals surface area (Å²) < 4.78 is 7.48. The number of nitrogens with zero attached hydrogens (tertiary/aromatic N) is 4. The first-order valence-corrected chi connectivity index (χ1v) is 13.1. The number of hydrogen-bond acceptors (Lipinski definition) is 6. The normalized spacial score (nSPS) is 17.3. The number of aliphatic hydroxyl groups excluding tert-OH is 1. The summed E-state index contributed by atoms with van der Waals surface area (Å²) in [4.78, 5) is 35.2. The minimum Gasteiger partial charge on any atom is -0.505 e. The molecule has 1 aliphatic heterocycles. The van der Waals surface area contributed by atoms with E-state index >= 15 is 0 Å². The number of ether oxygens (including phenoxy) is 1. The van der Waals surface area contributed by atoms with Crippen LogP contribution in [0.25, 0.3) is 11.4 Å². The molecular formula is C29H36N4O4. The number of aliphatic hydroxyl groups is 1. The number of hydrogen-bond donors (Lipinski definition) is 1. The summed E-state index contributed by atoms with van der Waals surface area (Å²) in [6, 6.07) is 12.3. The predicted octanol–water partition coefficient (Wildman–Crippen LogP) is 4.59. The molecule has 0 spiro atoms. The van der Waals surface area contributed by atoms with Gasteiger partial charge in [-0.05, 0) is 69.2 Å². The van der Waals surface area contributed by atoms with Gasteiger partial charge in [-0.15, -0.1) is 0 Å². The Hall–Kier alpha value is -3.65. The van der Waals surface area contributed by atoms with Crippen LogP contribution < -0.4 is 4.74 Å². The van der Waals surface area contributed by atoms with Crippen LogP contribution in [0, 0.1) is 6.92 Å². The van der Waals surface area contributed by atoms with E-state index in [9.17, 15) is 14.7 Å². The molecule has 1 aliphatic rings. The average molecular weight is 505 g/mol. The fourth-order valence-electron chi connectivity index (χ4n) is 4.95. The van der Waals surface area contributed by atoms with E-state index in [2.05, 4.69) is 23.7 Å². The SMILES string of the molecule is CCCOc1ccc(C2/C(=C(\O)c3c(C)nc4ccccn34)C(=O)C(=O)N2CCCN(CC)CC)cc1. The molecule has 4 rings (SSSR count). The zero-order valence-electron chi connectivity index (χ0n) is 22.1. The Morgan fingerprint density at radius 1 is 1.08 bits per heavy atom. The Morgan fingerprint density at radius 2 is 1.81 bits per heavy atom. The fraction of sp³-hybridized carbons (Fsp3) is 0.414. The molecule has 0 saturated carbocycles. The lowest BCUT2D eigenvalue weighted by Gasteiger charge is -2.27. The summed E-state index contributed by atoms with van der Waals surface area (Å²) in [6.45, 7) is 11.7. The third kappa shape index (κ3) is 5.25. The number of pyridine rings is 1. The van der Waals surface area contributed by atoms with Crippen LogP contribution in [-0.4, -0.2) is 68.8 Å². The highest BCUT2D eigenvalue weighted by molar-refractivity contribution is 6.46. The molecule has 0 radical (unpaired) electrons. The molecule has 2 aromatic heterocycles. The summed E-state index contributed by atoms with van der Waals surface area (Å²) in [5.41, 5.74) is 2.50. The van der Waals surface area contributed by atoms with Gasteiger partial charge in [0.2, 0.25) is 0 Å². The fourth-order valence-corrected chi connectivity index (χ4v) is 4.95. The van der Waals surface area contributed by atoms with E-state index in [4.69, 9.17) is 4.74 Å². The molecule has 0 aliphatic carbocycles. The number of fused-ring (bicyclic) bond motifs is 1. The van der Waals surface area contributed by atoms with E-state index in [0.717, 1.165) is 43.8 Å². The third-order valence-corrected chi connectivity index (χ3v) is 6.90. The first-order valence-electron chi connectivity index (χ1n) is 13.1. The summed E-state index contributed by atoms with van der Waals surface area (Å²) in [7, 11) is 0. The number of imidazole rings is 1. The lowest BCUT2D eigenvalue weighted by atomic mass is 9.96. The highest BCUT2D eigenvalue weighted by Gasteiger charge is 2.46. The van der Waals surface area contributed by atoms with Gasteiger partial charge in [-0.3, -0.25) is 14.0 Å². The molecule has 1 unspecified atom stereocenters. The monoisotopic (exact) mass is 504 g/mol. The van der Waals surface area contributed by atoms with Crippen LogP contribution >= 0.6 is 0 Å². The molecule has 37 heavy (non-hydrogen) atoms. The summed E-state index contributed by atoms with van der Waals surface area (Å²) in [6.07, 6.45) is 3.41. The van der Waals surface area contributed by atoms with Gasteiger partial charge in [0.15, 0.2) is 5.76 Å². The largest absolute Gasteiger partial charge is 0.505 e. The number of aromatic nitrogens is 2. The van der Waals surface area contributed by atoms with Crippen LogP contribution in [0.5, 0.6) is 5.75 Å². The van der Waals surface area contributed by atoms with Gasteiger partial charge in [-0.1, -0.05) is 39.0 Å². The topological polar surface area (TPSA) is 87.4 Å². The van der Waals surface area contributed by atoms with Gasteiger partial charge in [0.1, 0.15) is 17.1 Å². The van der Waals surface area contributed by atoms with Crippen LogP contribution in [0.3, 0.4) is 0 Å². The quantitative estimate of drug-likeness (QED) is 0.234. The molecule has 8 heteroatoms. The number of carbonyl (C=O) groups excluding carboxylic acids is 2. The van der Waals surface area contributed by atoms with Crippen molar-refractivity contribution < 1.29 is 19.4 Å². The Kier molecular flexibility index (Phi) is 8.28. The minimum atomic E-state index is -0.703. The molecule has 1 saturated heterocycles. The van der Waals surface area contributed by atoms with Crippen LogP contribution in [0.15, 0.2) is 54.2 Å². The van der Waals surface area contributed by atoms with Crippen molar-refractivity contribution in [2.75, 3.05) is 32.8 Å². The molecule has 0 bridgehead atoms. The highest BCUT2D eigenvalue weighted by atomic mass is 16.5. The van der Waals surface area contributed by atoms with E-state index in [1.165, 1.54) is 0 Å². The zero-order chi connectivity index (χ0) is 26.5. The average Bonchev–Trinajstić information content (AvgIpc) is 3.38. The van der Waals surface area contributed by atoms with Crippen molar-refractivity contribution in [2.24, 2.45) is 0 Å². The number of likely N-dealkylation sites (tertiary alicyclic amines) is 1. The van der Waals surface area contributed by atoms with Gasteiger partial charge in [-0.2, -0.15) is 0 Å². The maximum absolute atomic E-state index is 13.4. The van der Waals surface area contributed by atoms with Crippen molar-refractivity contribution in [3.05, 3.63) is 71.2 Å². The van der Waals surface area contributed by atoms with Crippen LogP contribution in [0.4, 0.5) is 0 Å². The zero-order valence-corrected chi connectivity index (χ0v) is 22.1. The van der Waals surface area contributed by atoms with E-state index < -0.39 is 17.7 Å². The Bertz CT molecular complexity index is 1290. The molecule has 3 heterocycles. The summed E-state index contributed by atoms with van der Waals surface area (Å²) >= 11 is 0. The van der Waals surface area contributed by atoms with Gasteiger partial charge >= 0.3 is 0 Å². The standard InChI is InChI=1S/C29H36N4O4/c1-5-19-37-22-14-12-21(13-15-22)26-24(27(34)25-20(4)30-23-11-8-9-17-32(23)25)28(35)29(36)33(26)18-10-16-31(6-2)7-3/h8-9,11-15,17,26,34H,5-7,10,16,18-19H2,1-4H3/b27-24+. The van der Waals surface area contributed by atoms with Crippen molar-refractivity contribution in [1.29, 1.82) is 0 Å². The smallest absolute Gasteiger partial charge is 0.295 e. The van der Waals surface area contributed by atoms with E-state index in [-0.39, 0.29) is 11.3 Å². The number of Topliss-reactive ketones (excluding diaryl/α,β-unsaturated/α-hetero) is 1. The van der Waals surface area contributed by atoms with Crippen molar-refractivity contribution in [2.45, 2.75) is 46.6 Å². The number of rotatable bonds is 11. The summed E-state index contributed by atoms with van der Waals surface area (Å²) in [5, 5.41) is 11.6. The second kappa shape index (κ2) is 11.6. The van der Waals surface area contributed by atoms with Crippen molar-refractivity contribution in [3.63, 3.8) is 0 Å². The molecular weight excluding hydrogens is 468 g/mol. The Balaban J connectivity index is 1.78. The van der Waals surface area contributed by atoms with Crippen molar-refractivity contribution in [3.8, 4) is 5.75 Å². The second-order valence-electron chi connectivity index (χ2n) is 9.27. The molecule has 1 amide bonds. The van der Waals surface area contributed by atoms with Gasteiger partial charge in [0.25, 0.3) is 11.7 Å². The minimum absolute atomic E-state index is 0.0869. The number of aryl methyl sites for hydroxylation is 1. The summed E-state index contributed by atoms with van der Waals surface area (Å²) in [5.74, 6) is -0.760. The molecule has 1 aromatic carbocycles. The Morgan fingerprint density at radius 3 is 2.49 bits per heavy atom. The number of ketones is 1. The van der Waals surface area contributed by atoms with Crippen LogP contribution in [-0.2, 0) is 9.59 Å². The number of benzene rings is 1. The van der Waals surface area contributed by atoms with Crippen molar-refractivity contribution >= 4 is 23.1 Å². The van der Waals surface area contributed by atoms with E-state index in [1.54, 1.807) is 22.4 Å². The van der Waals surface area contributed by atoms with Gasteiger partial charge < -0.3 is 19.6 Å². The maximum atomic E-state index is 13.4. The highest BCUT2D eigenvalue weighted by Crippen LogP contribution is 2.40. The lowest BCUT2D eigenvalue weighted by molar-refractivity contribution is -0.140. The molecule has 1 fully saturated rings. The third-order valence-electron chi connectivity index (χ3n) is 6.90. The second-order valence-corrected chi connectivity index (χ2v) is 9.27. The molecule has 196 valence electrons. The van der Waals surface area contributed by atoms with Crippen LogP contribution in [0.2, 0.25) is 0 Å². The predicted molar refractivity (Wildman–Crippen MR) is 144 cm³/mol. The molecule has 8 nitrogen and oxygen atoms in total. The number of carbonyl (C=O) groups is 2. The van der Waals surface area contributed by atoms with Gasteiger partial charge in [-0.25, -0.2) is 4.98 Å². The maximum Gasteiger partial charge on any atom is 0.295 e.